The van der Waals surface area contributed by atoms with Crippen LogP contribution in [-0.4, -0.2) is 43.8 Å². The van der Waals surface area contributed by atoms with Gasteiger partial charge >= 0.3 is 0 Å². The Bertz CT molecular complexity index is 1740. The maximum Gasteiger partial charge on any atom is 0.264 e. The lowest BCUT2D eigenvalue weighted by molar-refractivity contribution is -0.140. The van der Waals surface area contributed by atoms with Crippen LogP contribution in [0.2, 0.25) is 5.02 Å². The largest absolute Gasteiger partial charge is 0.352 e. The number of rotatable bonds is 12. The maximum atomic E-state index is 14.5. The number of hydrogen-bond donors (Lipinski definition) is 1. The number of halogens is 1. The summed E-state index contributed by atoms with van der Waals surface area (Å²) >= 11 is 6.46. The molecule has 4 aromatic carbocycles. The van der Waals surface area contributed by atoms with Crippen molar-refractivity contribution >= 4 is 39.1 Å². The van der Waals surface area contributed by atoms with Crippen LogP contribution in [0.5, 0.6) is 0 Å². The molecule has 4 rings (SSSR count). The zero-order chi connectivity index (χ0) is 32.7. The van der Waals surface area contributed by atoms with Crippen LogP contribution in [0.3, 0.4) is 0 Å². The predicted molar refractivity (Wildman–Crippen MR) is 181 cm³/mol. The lowest BCUT2D eigenvalue weighted by atomic mass is 10.0. The zero-order valence-electron chi connectivity index (χ0n) is 26.3. The van der Waals surface area contributed by atoms with Crippen LogP contribution in [0, 0.1) is 20.8 Å². The number of anilines is 1. The average molecular weight is 646 g/mol. The Morgan fingerprint density at radius 2 is 1.47 bits per heavy atom. The molecule has 1 atom stereocenters. The maximum absolute atomic E-state index is 14.5. The van der Waals surface area contributed by atoms with Crippen molar-refractivity contribution in [3.8, 4) is 0 Å². The van der Waals surface area contributed by atoms with E-state index in [1.165, 1.54) is 17.0 Å². The molecule has 9 heteroatoms. The van der Waals surface area contributed by atoms with Gasteiger partial charge in [-0.25, -0.2) is 8.42 Å². The highest BCUT2D eigenvalue weighted by atomic mass is 35.5. The molecule has 45 heavy (non-hydrogen) atoms. The molecule has 0 spiro atoms. The quantitative estimate of drug-likeness (QED) is 0.188. The van der Waals surface area contributed by atoms with E-state index in [1.807, 2.05) is 89.2 Å². The summed E-state index contributed by atoms with van der Waals surface area (Å²) in [5, 5.41) is 3.35. The third-order valence-corrected chi connectivity index (χ3v) is 9.66. The second-order valence-electron chi connectivity index (χ2n) is 11.6. The summed E-state index contributed by atoms with van der Waals surface area (Å²) in [6, 6.07) is 27.5. The van der Waals surface area contributed by atoms with Crippen molar-refractivity contribution in [2.75, 3.05) is 10.8 Å². The third kappa shape index (κ3) is 8.74. The normalized spacial score (nSPS) is 12.1. The summed E-state index contributed by atoms with van der Waals surface area (Å²) in [7, 11) is -4.21. The van der Waals surface area contributed by atoms with Gasteiger partial charge in [0.2, 0.25) is 11.8 Å². The van der Waals surface area contributed by atoms with Crippen molar-refractivity contribution in [2.24, 2.45) is 0 Å². The summed E-state index contributed by atoms with van der Waals surface area (Å²) in [5.41, 5.74) is 4.63. The minimum Gasteiger partial charge on any atom is -0.352 e. The Hall–Kier alpha value is -4.14. The molecule has 0 unspecified atom stereocenters. The highest BCUT2D eigenvalue weighted by Gasteiger charge is 2.35. The minimum atomic E-state index is -4.21. The standard InChI is InChI=1S/C36H40ClN3O4S/c1-25(2)38-36(42)34(21-29-11-7-6-8-12-29)39(23-30-13-9-10-27(4)20-30)35(41)24-40(31-17-16-28(5)33(37)22-31)45(43,44)32-18-14-26(3)15-19-32/h6-20,22,25,34H,21,23-24H2,1-5H3,(H,38,42)/t34-/m0/s1. The van der Waals surface area contributed by atoms with Crippen molar-refractivity contribution in [3.63, 3.8) is 0 Å². The second kappa shape index (κ2) is 14.8. The molecular weight excluding hydrogens is 606 g/mol. The fraction of sp³-hybridized carbons (Fsp3) is 0.278. The van der Waals surface area contributed by atoms with Gasteiger partial charge in [0.1, 0.15) is 12.6 Å². The zero-order valence-corrected chi connectivity index (χ0v) is 27.9. The number of carbonyl (C=O) groups excluding carboxylic acids is 2. The molecule has 0 heterocycles. The van der Waals surface area contributed by atoms with Crippen LogP contribution in [0.4, 0.5) is 5.69 Å². The van der Waals surface area contributed by atoms with E-state index in [0.29, 0.717) is 5.02 Å². The molecule has 1 N–H and O–H groups in total. The first-order valence-corrected chi connectivity index (χ1v) is 16.7. The lowest BCUT2D eigenvalue weighted by Gasteiger charge is -2.34. The van der Waals surface area contributed by atoms with Crippen LogP contribution in [0.1, 0.15) is 41.7 Å². The number of benzene rings is 4. The number of sulfonamides is 1. The Labute approximate surface area is 271 Å². The van der Waals surface area contributed by atoms with E-state index in [1.54, 1.807) is 30.3 Å². The molecule has 0 bridgehead atoms. The van der Waals surface area contributed by atoms with Gasteiger partial charge in [0.25, 0.3) is 10.0 Å². The summed E-state index contributed by atoms with van der Waals surface area (Å²) in [6.45, 7) is 8.94. The Morgan fingerprint density at radius 3 is 2.09 bits per heavy atom. The van der Waals surface area contributed by atoms with E-state index in [0.717, 1.165) is 32.1 Å². The molecule has 7 nitrogen and oxygen atoms in total. The first-order valence-electron chi connectivity index (χ1n) is 14.9. The molecule has 0 aliphatic rings. The van der Waals surface area contributed by atoms with Crippen molar-refractivity contribution in [3.05, 3.63) is 130 Å². The summed E-state index contributed by atoms with van der Waals surface area (Å²) in [6.07, 6.45) is 0.248. The minimum absolute atomic E-state index is 0.0428. The number of nitrogens with zero attached hydrogens (tertiary/aromatic N) is 2. The fourth-order valence-electron chi connectivity index (χ4n) is 5.04. The molecular formula is C36H40ClN3O4S. The van der Waals surface area contributed by atoms with E-state index in [4.69, 9.17) is 11.6 Å². The number of amides is 2. The smallest absolute Gasteiger partial charge is 0.264 e. The lowest BCUT2D eigenvalue weighted by Crippen LogP contribution is -2.54. The molecule has 4 aromatic rings. The molecule has 0 saturated heterocycles. The molecule has 0 aliphatic carbocycles. The monoisotopic (exact) mass is 645 g/mol. The molecule has 0 aromatic heterocycles. The van der Waals surface area contributed by atoms with Gasteiger partial charge in [-0.2, -0.15) is 0 Å². The molecule has 236 valence electrons. The predicted octanol–water partition coefficient (Wildman–Crippen LogP) is 6.63. The van der Waals surface area contributed by atoms with Gasteiger partial charge in [-0.1, -0.05) is 95.5 Å². The van der Waals surface area contributed by atoms with Gasteiger partial charge in [0, 0.05) is 24.0 Å². The summed E-state index contributed by atoms with van der Waals surface area (Å²) in [4.78, 5) is 29.9. The van der Waals surface area contributed by atoms with Gasteiger partial charge in [0.15, 0.2) is 0 Å². The van der Waals surface area contributed by atoms with E-state index in [9.17, 15) is 18.0 Å². The van der Waals surface area contributed by atoms with Crippen LogP contribution >= 0.6 is 11.6 Å². The fourth-order valence-corrected chi connectivity index (χ4v) is 6.63. The van der Waals surface area contributed by atoms with Gasteiger partial charge in [-0.05, 0) is 75.6 Å². The number of nitrogens with one attached hydrogen (secondary N) is 1. The van der Waals surface area contributed by atoms with Gasteiger partial charge in [-0.15, -0.1) is 0 Å². The van der Waals surface area contributed by atoms with Crippen molar-refractivity contribution in [1.82, 2.24) is 10.2 Å². The SMILES string of the molecule is Cc1ccc(S(=O)(=O)N(CC(=O)N(Cc2cccc(C)c2)[C@@H](Cc2ccccc2)C(=O)NC(C)C)c2ccc(C)c(Cl)c2)cc1. The van der Waals surface area contributed by atoms with E-state index in [-0.39, 0.29) is 35.5 Å². The summed E-state index contributed by atoms with van der Waals surface area (Å²) in [5.74, 6) is -0.843. The average Bonchev–Trinajstić information content (AvgIpc) is 2.99. The topological polar surface area (TPSA) is 86.8 Å². The number of aryl methyl sites for hydroxylation is 3. The first-order chi connectivity index (χ1) is 21.3. The Morgan fingerprint density at radius 1 is 0.800 bits per heavy atom. The van der Waals surface area contributed by atoms with Crippen LogP contribution in [-0.2, 0) is 32.6 Å². The number of hydrogen-bond acceptors (Lipinski definition) is 4. The first kappa shape index (κ1) is 33.7. The molecule has 0 saturated carbocycles. The van der Waals surface area contributed by atoms with Crippen molar-refractivity contribution < 1.29 is 18.0 Å². The molecule has 0 radical (unpaired) electrons. The highest BCUT2D eigenvalue weighted by Crippen LogP contribution is 2.29. The van der Waals surface area contributed by atoms with E-state index >= 15 is 0 Å². The van der Waals surface area contributed by atoms with Crippen molar-refractivity contribution in [2.45, 2.75) is 64.6 Å². The van der Waals surface area contributed by atoms with Crippen LogP contribution < -0.4 is 9.62 Å². The highest BCUT2D eigenvalue weighted by molar-refractivity contribution is 7.92. The van der Waals surface area contributed by atoms with Crippen molar-refractivity contribution in [1.29, 1.82) is 0 Å². The Balaban J connectivity index is 1.82. The van der Waals surface area contributed by atoms with Crippen LogP contribution in [0.15, 0.2) is 102 Å². The van der Waals surface area contributed by atoms with Crippen LogP contribution in [0.25, 0.3) is 0 Å². The third-order valence-electron chi connectivity index (χ3n) is 7.47. The summed E-state index contributed by atoms with van der Waals surface area (Å²) < 4.78 is 29.4. The molecule has 0 fully saturated rings. The molecule has 0 aliphatic heterocycles. The second-order valence-corrected chi connectivity index (χ2v) is 13.9. The van der Waals surface area contributed by atoms with E-state index < -0.39 is 28.5 Å². The Kier molecular flexibility index (Phi) is 11.1. The van der Waals surface area contributed by atoms with Gasteiger partial charge in [0.05, 0.1) is 10.6 Å². The number of carbonyl (C=O) groups is 2. The van der Waals surface area contributed by atoms with E-state index in [2.05, 4.69) is 5.32 Å². The molecule has 2 amide bonds. The van der Waals surface area contributed by atoms with Gasteiger partial charge in [-0.3, -0.25) is 13.9 Å². The van der Waals surface area contributed by atoms with Gasteiger partial charge < -0.3 is 10.2 Å².